The molecular weight excluding hydrogens is 478 g/mol. The second-order valence-electron chi connectivity index (χ2n) is 7.05. The molecule has 172 valence electrons. The van der Waals surface area contributed by atoms with Crippen LogP contribution < -0.4 is 10.6 Å². The van der Waals surface area contributed by atoms with Crippen molar-refractivity contribution >= 4 is 56.4 Å². The van der Waals surface area contributed by atoms with Gasteiger partial charge in [0, 0.05) is 18.0 Å². The zero-order chi connectivity index (χ0) is 23.3. The van der Waals surface area contributed by atoms with Crippen molar-refractivity contribution in [2.75, 3.05) is 31.6 Å². The zero-order valence-corrected chi connectivity index (χ0v) is 19.6. The summed E-state index contributed by atoms with van der Waals surface area (Å²) < 4.78 is 31.6. The van der Waals surface area contributed by atoms with Crippen LogP contribution in [0.3, 0.4) is 0 Å². The van der Waals surface area contributed by atoms with Crippen molar-refractivity contribution in [2.24, 2.45) is 0 Å². The highest BCUT2D eigenvalue weighted by atomic mass is 35.5. The number of anilines is 1. The van der Waals surface area contributed by atoms with Gasteiger partial charge in [0.1, 0.15) is 6.54 Å². The van der Waals surface area contributed by atoms with Crippen molar-refractivity contribution in [1.82, 2.24) is 9.62 Å². The molecule has 2 N–H and O–H groups in total. The third kappa shape index (κ3) is 6.06. The summed E-state index contributed by atoms with van der Waals surface area (Å²) in [5.74, 6) is -1.90. The number of nitrogens with one attached hydrogen (secondary N) is 2. The first kappa shape index (κ1) is 24.2. The number of aryl methyl sites for hydroxylation is 1. The zero-order valence-electron chi connectivity index (χ0n) is 17.2. The number of esters is 1. The lowest BCUT2D eigenvalue weighted by molar-refractivity contribution is -0.146. The maximum absolute atomic E-state index is 12.7. The monoisotopic (exact) mass is 499 g/mol. The second-order valence-corrected chi connectivity index (χ2v) is 10.7. The van der Waals surface area contributed by atoms with Crippen LogP contribution in [0.1, 0.15) is 27.4 Å². The molecule has 1 aromatic carbocycles. The minimum atomic E-state index is -3.68. The van der Waals surface area contributed by atoms with Crippen molar-refractivity contribution in [3.63, 3.8) is 0 Å². The minimum Gasteiger partial charge on any atom is -0.454 e. The number of halogens is 1. The molecule has 2 aromatic rings. The molecule has 1 aromatic heterocycles. The Balaban J connectivity index is 1.52. The van der Waals surface area contributed by atoms with Crippen LogP contribution in [0.15, 0.2) is 35.2 Å². The smallest absolute Gasteiger partial charge is 0.325 e. The fourth-order valence-electron chi connectivity index (χ4n) is 3.02. The summed E-state index contributed by atoms with van der Waals surface area (Å²) in [5, 5.41) is 5.01. The van der Waals surface area contributed by atoms with Gasteiger partial charge in [-0.1, -0.05) is 11.6 Å². The Morgan fingerprint density at radius 2 is 1.88 bits per heavy atom. The molecular formula is C20H22ClN3O6S2. The van der Waals surface area contributed by atoms with E-state index in [9.17, 15) is 22.8 Å². The quantitative estimate of drug-likeness (QED) is 0.538. The number of sulfonamides is 1. The molecule has 1 aliphatic rings. The van der Waals surface area contributed by atoms with E-state index in [4.69, 9.17) is 16.3 Å². The maximum atomic E-state index is 12.7. The van der Waals surface area contributed by atoms with Gasteiger partial charge in [0.15, 0.2) is 6.61 Å². The first-order valence-corrected chi connectivity index (χ1v) is 12.4. The molecule has 0 saturated carbocycles. The maximum Gasteiger partial charge on any atom is 0.325 e. The molecule has 1 saturated heterocycles. The van der Waals surface area contributed by atoms with Crippen molar-refractivity contribution in [3.05, 3.63) is 45.1 Å². The molecule has 0 spiro atoms. The molecule has 12 heteroatoms. The van der Waals surface area contributed by atoms with E-state index in [1.807, 2.05) is 6.92 Å². The van der Waals surface area contributed by atoms with Gasteiger partial charge in [-0.2, -0.15) is 4.31 Å². The molecule has 3 rings (SSSR count). The molecule has 32 heavy (non-hydrogen) atoms. The van der Waals surface area contributed by atoms with Gasteiger partial charge in [-0.25, -0.2) is 8.42 Å². The molecule has 0 aliphatic carbocycles. The molecule has 1 aliphatic heterocycles. The van der Waals surface area contributed by atoms with E-state index in [-0.39, 0.29) is 15.6 Å². The molecule has 0 radical (unpaired) electrons. The standard InChI is InChI=1S/C20H22ClN3O6S2/c1-13-4-7-17(31-13)20(27)22-11-19(26)30-12-18(25)23-16-10-14(5-6-15(16)21)32(28,29)24-8-2-3-9-24/h4-7,10H,2-3,8-9,11-12H2,1H3,(H,22,27)(H,23,25). The number of hydrogen-bond acceptors (Lipinski definition) is 7. The first-order valence-electron chi connectivity index (χ1n) is 9.76. The van der Waals surface area contributed by atoms with Gasteiger partial charge in [-0.15, -0.1) is 11.3 Å². The van der Waals surface area contributed by atoms with Crippen LogP contribution in [0.5, 0.6) is 0 Å². The highest BCUT2D eigenvalue weighted by molar-refractivity contribution is 7.89. The lowest BCUT2D eigenvalue weighted by atomic mass is 10.3. The molecule has 9 nitrogen and oxygen atoms in total. The van der Waals surface area contributed by atoms with Crippen molar-refractivity contribution in [3.8, 4) is 0 Å². The molecule has 0 bridgehead atoms. The third-order valence-electron chi connectivity index (χ3n) is 4.64. The predicted molar refractivity (Wildman–Crippen MR) is 120 cm³/mol. The van der Waals surface area contributed by atoms with Gasteiger partial charge in [0.05, 0.1) is 20.5 Å². The Bertz CT molecular complexity index is 1130. The highest BCUT2D eigenvalue weighted by Gasteiger charge is 2.27. The van der Waals surface area contributed by atoms with Crippen molar-refractivity contribution < 1.29 is 27.5 Å². The minimum absolute atomic E-state index is 0.0163. The number of carbonyl (C=O) groups excluding carboxylic acids is 3. The van der Waals surface area contributed by atoms with Crippen molar-refractivity contribution in [1.29, 1.82) is 0 Å². The van der Waals surface area contributed by atoms with Crippen molar-refractivity contribution in [2.45, 2.75) is 24.7 Å². The molecule has 2 amide bonds. The Morgan fingerprint density at radius 3 is 2.53 bits per heavy atom. The van der Waals surface area contributed by atoms with Gasteiger partial charge in [0.2, 0.25) is 10.0 Å². The summed E-state index contributed by atoms with van der Waals surface area (Å²) in [6.45, 7) is 1.74. The molecule has 2 heterocycles. The van der Waals surface area contributed by atoms with E-state index in [0.29, 0.717) is 18.0 Å². The fourth-order valence-corrected chi connectivity index (χ4v) is 5.51. The lowest BCUT2D eigenvalue weighted by Crippen LogP contribution is -2.32. The van der Waals surface area contributed by atoms with E-state index in [2.05, 4.69) is 10.6 Å². The third-order valence-corrected chi connectivity index (χ3v) is 7.86. The van der Waals surface area contributed by atoms with Gasteiger partial charge >= 0.3 is 5.97 Å². The van der Waals surface area contributed by atoms with E-state index in [1.54, 1.807) is 12.1 Å². The Hall–Kier alpha value is -2.47. The Kier molecular flexibility index (Phi) is 7.88. The first-order chi connectivity index (χ1) is 15.2. The van der Waals surface area contributed by atoms with E-state index >= 15 is 0 Å². The number of rotatable bonds is 8. The van der Waals surface area contributed by atoms with Crippen LogP contribution in [0, 0.1) is 6.92 Å². The van der Waals surface area contributed by atoms with Crippen LogP contribution in [0.2, 0.25) is 5.02 Å². The van der Waals surface area contributed by atoms with Crippen LogP contribution in [-0.2, 0) is 24.3 Å². The summed E-state index contributed by atoms with van der Waals surface area (Å²) in [6, 6.07) is 7.48. The molecule has 1 fully saturated rings. The van der Waals surface area contributed by atoms with E-state index in [0.717, 1.165) is 17.7 Å². The number of amides is 2. The van der Waals surface area contributed by atoms with Gasteiger partial charge in [0.25, 0.3) is 11.8 Å². The van der Waals surface area contributed by atoms with Crippen LogP contribution in [0.4, 0.5) is 5.69 Å². The fraction of sp³-hybridized carbons (Fsp3) is 0.350. The van der Waals surface area contributed by atoms with Gasteiger partial charge < -0.3 is 15.4 Å². The topological polar surface area (TPSA) is 122 Å². The summed E-state index contributed by atoms with van der Waals surface area (Å²) in [4.78, 5) is 37.3. The highest BCUT2D eigenvalue weighted by Crippen LogP contribution is 2.28. The summed E-state index contributed by atoms with van der Waals surface area (Å²) >= 11 is 7.37. The summed E-state index contributed by atoms with van der Waals surface area (Å²) in [6.07, 6.45) is 1.60. The number of thiophene rings is 1. The number of benzene rings is 1. The predicted octanol–water partition coefficient (Wildman–Crippen LogP) is 2.41. The largest absolute Gasteiger partial charge is 0.454 e. The number of carbonyl (C=O) groups is 3. The Morgan fingerprint density at radius 1 is 1.16 bits per heavy atom. The average Bonchev–Trinajstić information content (AvgIpc) is 3.44. The van der Waals surface area contributed by atoms with E-state index < -0.39 is 41.0 Å². The Labute approximate surface area is 194 Å². The normalized spacial score (nSPS) is 14.2. The van der Waals surface area contributed by atoms with Gasteiger partial charge in [-0.05, 0) is 50.1 Å². The van der Waals surface area contributed by atoms with Crippen LogP contribution >= 0.6 is 22.9 Å². The van der Waals surface area contributed by atoms with Crippen LogP contribution in [-0.4, -0.2) is 56.7 Å². The second kappa shape index (κ2) is 10.4. The molecule has 0 atom stereocenters. The average molecular weight is 500 g/mol. The van der Waals surface area contributed by atoms with E-state index in [1.165, 1.54) is 33.8 Å². The summed E-state index contributed by atoms with van der Waals surface area (Å²) in [5.41, 5.74) is 0.0920. The SMILES string of the molecule is Cc1ccc(C(=O)NCC(=O)OCC(=O)Nc2cc(S(=O)(=O)N3CCCC3)ccc2Cl)s1. The number of nitrogens with zero attached hydrogens (tertiary/aromatic N) is 1. The lowest BCUT2D eigenvalue weighted by Gasteiger charge is -2.16. The van der Waals surface area contributed by atoms with Crippen LogP contribution in [0.25, 0.3) is 0 Å². The number of ether oxygens (including phenoxy) is 1. The summed E-state index contributed by atoms with van der Waals surface area (Å²) in [7, 11) is -3.68. The number of hydrogen-bond donors (Lipinski definition) is 2. The van der Waals surface area contributed by atoms with Gasteiger partial charge in [-0.3, -0.25) is 14.4 Å². The molecule has 0 unspecified atom stereocenters.